The van der Waals surface area contributed by atoms with E-state index in [2.05, 4.69) is 16.9 Å². The maximum atomic E-state index is 13.4. The Labute approximate surface area is 200 Å². The number of nitrogens with zero attached hydrogens (tertiary/aromatic N) is 3. The standard InChI is InChI=1S/C24H22N4O3S2/c1-3-11-28-23(31)19(33-24(28)32)13-17-20(25-14-18(29)16-9-5-4-6-10-16)26-21-15(2)8-7-12-27(21)22(17)30/h3-10,12-13,18,25,29H,1,11,14H2,2H3/b19-13-/t18-/m1/s1. The van der Waals surface area contributed by atoms with E-state index in [1.807, 2.05) is 43.3 Å². The SMILES string of the molecule is C=CCN1C(=O)/C(=C/c2c(NC[C@@H](O)c3ccccc3)nc3c(C)cccn3c2=O)SC1=S. The fourth-order valence-electron chi connectivity index (χ4n) is 3.48. The molecule has 4 rings (SSSR count). The molecular weight excluding hydrogens is 456 g/mol. The van der Waals surface area contributed by atoms with Gasteiger partial charge in [0.1, 0.15) is 15.8 Å². The average Bonchev–Trinajstić information content (AvgIpc) is 3.08. The number of aryl methyl sites for hydroxylation is 1. The van der Waals surface area contributed by atoms with Gasteiger partial charge in [-0.3, -0.25) is 18.9 Å². The van der Waals surface area contributed by atoms with Crippen LogP contribution >= 0.6 is 24.0 Å². The molecule has 0 bridgehead atoms. The molecule has 168 valence electrons. The first kappa shape index (κ1) is 22.9. The van der Waals surface area contributed by atoms with Crippen molar-refractivity contribution >= 4 is 51.7 Å². The van der Waals surface area contributed by atoms with Crippen LogP contribution in [0.25, 0.3) is 11.7 Å². The highest BCUT2D eigenvalue weighted by atomic mass is 32.2. The van der Waals surface area contributed by atoms with Crippen molar-refractivity contribution in [3.63, 3.8) is 0 Å². The van der Waals surface area contributed by atoms with Gasteiger partial charge in [0.05, 0.1) is 16.6 Å². The Morgan fingerprint density at radius 2 is 2.00 bits per heavy atom. The molecule has 3 aromatic rings. The number of benzene rings is 1. The molecule has 2 aromatic heterocycles. The van der Waals surface area contributed by atoms with Gasteiger partial charge in [0.15, 0.2) is 0 Å². The highest BCUT2D eigenvalue weighted by Gasteiger charge is 2.31. The predicted octanol–water partition coefficient (Wildman–Crippen LogP) is 3.54. The first-order chi connectivity index (χ1) is 15.9. The number of thioether (sulfide) groups is 1. The zero-order valence-electron chi connectivity index (χ0n) is 17.9. The third-order valence-electron chi connectivity index (χ3n) is 5.19. The molecular formula is C24H22N4O3S2. The Morgan fingerprint density at radius 3 is 2.73 bits per heavy atom. The Morgan fingerprint density at radius 1 is 1.24 bits per heavy atom. The van der Waals surface area contributed by atoms with Gasteiger partial charge in [-0.1, -0.05) is 66.5 Å². The number of pyridine rings is 1. The second-order valence-corrected chi connectivity index (χ2v) is 9.13. The van der Waals surface area contributed by atoms with Crippen molar-refractivity contribution in [2.45, 2.75) is 13.0 Å². The molecule has 2 N–H and O–H groups in total. The molecule has 33 heavy (non-hydrogen) atoms. The number of amides is 1. The molecule has 3 heterocycles. The van der Waals surface area contributed by atoms with E-state index in [-0.39, 0.29) is 23.6 Å². The van der Waals surface area contributed by atoms with E-state index in [0.29, 0.717) is 27.2 Å². The summed E-state index contributed by atoms with van der Waals surface area (Å²) in [4.78, 5) is 32.6. The summed E-state index contributed by atoms with van der Waals surface area (Å²) in [5.74, 6) is 0.00665. The third-order valence-corrected chi connectivity index (χ3v) is 6.57. The molecule has 1 amide bonds. The number of nitrogens with one attached hydrogen (secondary N) is 1. The smallest absolute Gasteiger partial charge is 0.267 e. The number of aliphatic hydroxyl groups is 1. The van der Waals surface area contributed by atoms with Crippen molar-refractivity contribution in [2.24, 2.45) is 0 Å². The number of aromatic nitrogens is 2. The molecule has 1 aliphatic rings. The summed E-state index contributed by atoms with van der Waals surface area (Å²) in [5.41, 5.74) is 1.96. The van der Waals surface area contributed by atoms with Gasteiger partial charge in [0, 0.05) is 19.3 Å². The first-order valence-electron chi connectivity index (χ1n) is 10.3. The Balaban J connectivity index is 1.77. The van der Waals surface area contributed by atoms with Gasteiger partial charge in [0.2, 0.25) is 0 Å². The number of fused-ring (bicyclic) bond motifs is 1. The van der Waals surface area contributed by atoms with Crippen LogP contribution in [0.4, 0.5) is 5.82 Å². The maximum Gasteiger partial charge on any atom is 0.267 e. The summed E-state index contributed by atoms with van der Waals surface area (Å²) in [6.45, 7) is 5.96. The second kappa shape index (κ2) is 9.70. The molecule has 1 fully saturated rings. The maximum absolute atomic E-state index is 13.4. The third kappa shape index (κ3) is 4.61. The lowest BCUT2D eigenvalue weighted by molar-refractivity contribution is -0.121. The number of anilines is 1. The lowest BCUT2D eigenvalue weighted by Gasteiger charge is -2.15. The summed E-state index contributed by atoms with van der Waals surface area (Å²) in [6, 6.07) is 12.9. The number of hydrogen-bond donors (Lipinski definition) is 2. The van der Waals surface area contributed by atoms with Crippen LogP contribution in [0.2, 0.25) is 0 Å². The van der Waals surface area contributed by atoms with Crippen molar-refractivity contribution in [2.75, 3.05) is 18.4 Å². The molecule has 1 aromatic carbocycles. The lowest BCUT2D eigenvalue weighted by atomic mass is 10.1. The quantitative estimate of drug-likeness (QED) is 0.305. The van der Waals surface area contributed by atoms with Gasteiger partial charge >= 0.3 is 0 Å². The molecule has 1 saturated heterocycles. The van der Waals surface area contributed by atoms with Crippen molar-refractivity contribution in [1.82, 2.24) is 14.3 Å². The van der Waals surface area contributed by atoms with Gasteiger partial charge in [-0.25, -0.2) is 4.98 Å². The summed E-state index contributed by atoms with van der Waals surface area (Å²) >= 11 is 6.44. The second-order valence-electron chi connectivity index (χ2n) is 7.45. The van der Waals surface area contributed by atoms with E-state index in [4.69, 9.17) is 12.2 Å². The molecule has 0 radical (unpaired) electrons. The first-order valence-corrected chi connectivity index (χ1v) is 11.5. The fourth-order valence-corrected chi connectivity index (χ4v) is 4.74. The van der Waals surface area contributed by atoms with E-state index in [0.717, 1.165) is 22.9 Å². The van der Waals surface area contributed by atoms with Crippen LogP contribution in [0.5, 0.6) is 0 Å². The van der Waals surface area contributed by atoms with Crippen molar-refractivity contribution in [1.29, 1.82) is 0 Å². The number of hydrogen-bond acceptors (Lipinski definition) is 7. The average molecular weight is 479 g/mol. The van der Waals surface area contributed by atoms with Crippen molar-refractivity contribution in [3.05, 3.63) is 93.3 Å². The van der Waals surface area contributed by atoms with Crippen molar-refractivity contribution in [3.8, 4) is 0 Å². The normalized spacial score (nSPS) is 15.9. The van der Waals surface area contributed by atoms with Gasteiger partial charge < -0.3 is 10.4 Å². The van der Waals surface area contributed by atoms with Gasteiger partial charge in [-0.15, -0.1) is 6.58 Å². The number of rotatable bonds is 7. The number of carbonyl (C=O) groups excluding carboxylic acids is 1. The molecule has 0 aliphatic carbocycles. The highest BCUT2D eigenvalue weighted by Crippen LogP contribution is 2.33. The number of carbonyl (C=O) groups is 1. The van der Waals surface area contributed by atoms with Crippen LogP contribution in [0.1, 0.15) is 22.8 Å². The summed E-state index contributed by atoms with van der Waals surface area (Å²) < 4.78 is 1.86. The Hall–Kier alpha value is -3.27. The van der Waals surface area contributed by atoms with Gasteiger partial charge in [-0.05, 0) is 30.2 Å². The zero-order chi connectivity index (χ0) is 23.5. The zero-order valence-corrected chi connectivity index (χ0v) is 19.5. The molecule has 9 heteroatoms. The van der Waals surface area contributed by atoms with E-state index in [1.165, 1.54) is 15.4 Å². The van der Waals surface area contributed by atoms with Crippen LogP contribution in [0, 0.1) is 6.92 Å². The highest BCUT2D eigenvalue weighted by molar-refractivity contribution is 8.26. The monoisotopic (exact) mass is 478 g/mol. The van der Waals surface area contributed by atoms with Crippen LogP contribution in [0.15, 0.2) is 71.0 Å². The summed E-state index contributed by atoms with van der Waals surface area (Å²) in [6.07, 6.45) is 3.95. The molecule has 1 aliphatic heterocycles. The number of aliphatic hydroxyl groups excluding tert-OH is 1. The fraction of sp³-hybridized carbons (Fsp3) is 0.167. The topological polar surface area (TPSA) is 86.9 Å². The van der Waals surface area contributed by atoms with Crippen LogP contribution in [-0.2, 0) is 4.79 Å². The largest absolute Gasteiger partial charge is 0.387 e. The Kier molecular flexibility index (Phi) is 6.73. The Bertz CT molecular complexity index is 1330. The van der Waals surface area contributed by atoms with Crippen molar-refractivity contribution < 1.29 is 9.90 Å². The van der Waals surface area contributed by atoms with E-state index >= 15 is 0 Å². The van der Waals surface area contributed by atoms with Crippen LogP contribution < -0.4 is 10.9 Å². The number of thiocarbonyl (C=S) groups is 1. The molecule has 1 atom stereocenters. The summed E-state index contributed by atoms with van der Waals surface area (Å²) in [7, 11) is 0. The molecule has 0 unspecified atom stereocenters. The van der Waals surface area contributed by atoms with Gasteiger partial charge in [-0.2, -0.15) is 0 Å². The van der Waals surface area contributed by atoms with E-state index in [9.17, 15) is 14.7 Å². The molecule has 0 spiro atoms. The predicted molar refractivity (Wildman–Crippen MR) is 136 cm³/mol. The minimum Gasteiger partial charge on any atom is -0.387 e. The van der Waals surface area contributed by atoms with Gasteiger partial charge in [0.25, 0.3) is 11.5 Å². The van der Waals surface area contributed by atoms with E-state index in [1.54, 1.807) is 18.3 Å². The van der Waals surface area contributed by atoms with E-state index < -0.39 is 6.10 Å². The molecule has 7 nitrogen and oxygen atoms in total. The lowest BCUT2D eigenvalue weighted by Crippen LogP contribution is -2.28. The van der Waals surface area contributed by atoms with Crippen LogP contribution in [0.3, 0.4) is 0 Å². The molecule has 0 saturated carbocycles. The van der Waals surface area contributed by atoms with Crippen LogP contribution in [-0.4, -0.2) is 42.7 Å². The minimum absolute atomic E-state index is 0.136. The minimum atomic E-state index is -0.804. The summed E-state index contributed by atoms with van der Waals surface area (Å²) in [5, 5.41) is 13.7.